The summed E-state index contributed by atoms with van der Waals surface area (Å²) in [5, 5.41) is 7.60. The maximum absolute atomic E-state index is 5.78. The van der Waals surface area contributed by atoms with Crippen LogP contribution in [-0.2, 0) is 0 Å². The van der Waals surface area contributed by atoms with Crippen molar-refractivity contribution < 1.29 is 0 Å². The minimum Gasteiger partial charge on any atom is -0.369 e. The van der Waals surface area contributed by atoms with Crippen LogP contribution in [0, 0.1) is 5.41 Å². The monoisotopic (exact) mass is 237 g/mol. The van der Waals surface area contributed by atoms with Gasteiger partial charge in [-0.3, -0.25) is 0 Å². The Kier molecular flexibility index (Phi) is 2.52. The normalized spacial score (nSPS) is 25.9. The van der Waals surface area contributed by atoms with Crippen molar-refractivity contribution in [1.82, 2.24) is 10.3 Å². The van der Waals surface area contributed by atoms with E-state index in [0.717, 1.165) is 12.4 Å². The Hall–Kier alpha value is -0.800. The molecular weight excluding hydrogens is 222 g/mol. The molecule has 2 aliphatic rings. The van der Waals surface area contributed by atoms with E-state index in [-0.39, 0.29) is 0 Å². The fourth-order valence-corrected chi connectivity index (χ4v) is 2.55. The van der Waals surface area contributed by atoms with Gasteiger partial charge in [0.2, 0.25) is 0 Å². The maximum atomic E-state index is 5.78. The Balaban J connectivity index is 1.51. The summed E-state index contributed by atoms with van der Waals surface area (Å²) < 4.78 is 0. The van der Waals surface area contributed by atoms with Gasteiger partial charge in [0.05, 0.1) is 5.02 Å². The summed E-state index contributed by atoms with van der Waals surface area (Å²) >= 11 is 5.78. The van der Waals surface area contributed by atoms with Crippen molar-refractivity contribution in [2.45, 2.75) is 25.3 Å². The van der Waals surface area contributed by atoms with E-state index < -0.39 is 0 Å². The first-order chi connectivity index (χ1) is 7.76. The van der Waals surface area contributed by atoms with Crippen molar-refractivity contribution in [1.29, 1.82) is 0 Å². The van der Waals surface area contributed by atoms with Crippen molar-refractivity contribution in [3.8, 4) is 0 Å². The quantitative estimate of drug-likeness (QED) is 0.847. The van der Waals surface area contributed by atoms with Gasteiger partial charge in [-0.05, 0) is 36.8 Å². The van der Waals surface area contributed by atoms with E-state index in [2.05, 4.69) is 15.6 Å². The molecule has 0 radical (unpaired) electrons. The standard InChI is InChI=1S/C12H16ClN3/c13-9-1-2-11(14-6-9)15-7-10-5-12(3-4-12)8-16-10/h1-2,6,10,16H,3-5,7-8H2,(H,14,15)/t10-/m0/s1. The number of halogens is 1. The lowest BCUT2D eigenvalue weighted by atomic mass is 10.0. The van der Waals surface area contributed by atoms with E-state index in [1.54, 1.807) is 6.20 Å². The van der Waals surface area contributed by atoms with Crippen LogP contribution >= 0.6 is 11.6 Å². The highest BCUT2D eigenvalue weighted by atomic mass is 35.5. The molecule has 2 fully saturated rings. The van der Waals surface area contributed by atoms with Crippen LogP contribution in [0.4, 0.5) is 5.82 Å². The van der Waals surface area contributed by atoms with Crippen LogP contribution in [0.15, 0.2) is 18.3 Å². The lowest BCUT2D eigenvalue weighted by Gasteiger charge is -2.12. The van der Waals surface area contributed by atoms with E-state index in [0.29, 0.717) is 16.5 Å². The third kappa shape index (κ3) is 2.15. The summed E-state index contributed by atoms with van der Waals surface area (Å²) in [7, 11) is 0. The highest BCUT2D eigenvalue weighted by Gasteiger charge is 2.47. The predicted octanol–water partition coefficient (Wildman–Crippen LogP) is 2.29. The molecule has 1 aliphatic carbocycles. The van der Waals surface area contributed by atoms with Crippen LogP contribution < -0.4 is 10.6 Å². The SMILES string of the molecule is Clc1ccc(NC[C@@H]2CC3(CC3)CN2)nc1. The molecule has 0 unspecified atom stereocenters. The van der Waals surface area contributed by atoms with Crippen molar-refractivity contribution in [3.63, 3.8) is 0 Å². The molecule has 1 saturated carbocycles. The van der Waals surface area contributed by atoms with Crippen LogP contribution in [0.5, 0.6) is 0 Å². The van der Waals surface area contributed by atoms with Crippen LogP contribution in [0.3, 0.4) is 0 Å². The Bertz CT molecular complexity index is 372. The Morgan fingerprint density at radius 3 is 3.00 bits per heavy atom. The van der Waals surface area contributed by atoms with Crippen molar-refractivity contribution in [2.75, 3.05) is 18.4 Å². The molecule has 1 aromatic heterocycles. The van der Waals surface area contributed by atoms with Crippen molar-refractivity contribution in [2.24, 2.45) is 5.41 Å². The molecule has 2 heterocycles. The molecule has 16 heavy (non-hydrogen) atoms. The summed E-state index contributed by atoms with van der Waals surface area (Å²) in [5.41, 5.74) is 0.666. The third-order valence-corrected chi connectivity index (χ3v) is 3.88. The zero-order valence-electron chi connectivity index (χ0n) is 9.17. The van der Waals surface area contributed by atoms with Crippen molar-refractivity contribution in [3.05, 3.63) is 23.4 Å². The van der Waals surface area contributed by atoms with Gasteiger partial charge in [-0.15, -0.1) is 0 Å². The Labute approximate surface area is 101 Å². The summed E-state index contributed by atoms with van der Waals surface area (Å²) in [6.07, 6.45) is 5.81. The minimum absolute atomic E-state index is 0.597. The van der Waals surface area contributed by atoms with Gasteiger partial charge in [0.1, 0.15) is 5.82 Å². The first kappa shape index (κ1) is 10.4. The Morgan fingerprint density at radius 2 is 2.38 bits per heavy atom. The van der Waals surface area contributed by atoms with E-state index in [1.807, 2.05) is 12.1 Å². The molecule has 86 valence electrons. The molecule has 0 amide bonds. The van der Waals surface area contributed by atoms with E-state index in [1.165, 1.54) is 25.8 Å². The van der Waals surface area contributed by atoms with Gasteiger partial charge in [0, 0.05) is 25.3 Å². The topological polar surface area (TPSA) is 37.0 Å². The number of rotatable bonds is 3. The molecule has 1 saturated heterocycles. The second kappa shape index (κ2) is 3.90. The molecular formula is C12H16ClN3. The van der Waals surface area contributed by atoms with Gasteiger partial charge >= 0.3 is 0 Å². The van der Waals surface area contributed by atoms with E-state index in [9.17, 15) is 0 Å². The first-order valence-corrected chi connectivity index (χ1v) is 6.22. The fourth-order valence-electron chi connectivity index (χ4n) is 2.44. The maximum Gasteiger partial charge on any atom is 0.126 e. The van der Waals surface area contributed by atoms with E-state index >= 15 is 0 Å². The molecule has 1 atom stereocenters. The molecule has 1 aliphatic heterocycles. The van der Waals surface area contributed by atoms with Crippen molar-refractivity contribution >= 4 is 17.4 Å². The van der Waals surface area contributed by atoms with Gasteiger partial charge < -0.3 is 10.6 Å². The van der Waals surface area contributed by atoms with Crippen LogP contribution in [0.1, 0.15) is 19.3 Å². The molecule has 4 heteroatoms. The van der Waals surface area contributed by atoms with Crippen LogP contribution in [0.25, 0.3) is 0 Å². The van der Waals surface area contributed by atoms with Gasteiger partial charge in [-0.1, -0.05) is 11.6 Å². The van der Waals surface area contributed by atoms with Gasteiger partial charge in [0.15, 0.2) is 0 Å². The molecule has 1 spiro atoms. The van der Waals surface area contributed by atoms with Gasteiger partial charge in [-0.2, -0.15) is 0 Å². The zero-order valence-corrected chi connectivity index (χ0v) is 9.93. The number of aromatic nitrogens is 1. The number of nitrogens with zero attached hydrogens (tertiary/aromatic N) is 1. The first-order valence-electron chi connectivity index (χ1n) is 5.85. The molecule has 0 aromatic carbocycles. The van der Waals surface area contributed by atoms with E-state index in [4.69, 9.17) is 11.6 Å². The molecule has 3 rings (SSSR count). The number of hydrogen-bond acceptors (Lipinski definition) is 3. The average Bonchev–Trinajstić information content (AvgIpc) is 2.91. The largest absolute Gasteiger partial charge is 0.369 e. The zero-order chi connectivity index (χ0) is 11.0. The third-order valence-electron chi connectivity index (χ3n) is 3.66. The lowest BCUT2D eigenvalue weighted by molar-refractivity contribution is 0.550. The predicted molar refractivity (Wildman–Crippen MR) is 65.8 cm³/mol. The second-order valence-electron chi connectivity index (χ2n) is 5.02. The highest BCUT2D eigenvalue weighted by Crippen LogP contribution is 2.51. The summed E-state index contributed by atoms with van der Waals surface area (Å²) in [4.78, 5) is 4.22. The summed E-state index contributed by atoms with van der Waals surface area (Å²) in [6.45, 7) is 2.16. The number of anilines is 1. The summed E-state index contributed by atoms with van der Waals surface area (Å²) in [6, 6.07) is 4.38. The highest BCUT2D eigenvalue weighted by molar-refractivity contribution is 6.30. The number of nitrogens with one attached hydrogen (secondary N) is 2. The second-order valence-corrected chi connectivity index (χ2v) is 5.46. The smallest absolute Gasteiger partial charge is 0.126 e. The minimum atomic E-state index is 0.597. The number of hydrogen-bond donors (Lipinski definition) is 2. The lowest BCUT2D eigenvalue weighted by Crippen LogP contribution is -2.29. The Morgan fingerprint density at radius 1 is 1.50 bits per heavy atom. The molecule has 2 N–H and O–H groups in total. The summed E-state index contributed by atoms with van der Waals surface area (Å²) in [5.74, 6) is 0.906. The fraction of sp³-hybridized carbons (Fsp3) is 0.583. The molecule has 1 aromatic rings. The number of pyridine rings is 1. The molecule has 3 nitrogen and oxygen atoms in total. The van der Waals surface area contributed by atoms with Crippen LogP contribution in [-0.4, -0.2) is 24.1 Å². The average molecular weight is 238 g/mol. The molecule has 0 bridgehead atoms. The van der Waals surface area contributed by atoms with Gasteiger partial charge in [0.25, 0.3) is 0 Å². The van der Waals surface area contributed by atoms with Crippen LogP contribution in [0.2, 0.25) is 5.02 Å². The van der Waals surface area contributed by atoms with Gasteiger partial charge in [-0.25, -0.2) is 4.98 Å².